The first kappa shape index (κ1) is 14.7. The number of Topliss-reactive ketones (excluding diaryl/α,β-unsaturated/α-hetero) is 1. The van der Waals surface area contributed by atoms with Crippen molar-refractivity contribution in [3.63, 3.8) is 0 Å². The van der Waals surface area contributed by atoms with Crippen LogP contribution in [0.2, 0.25) is 0 Å². The van der Waals surface area contributed by atoms with Gasteiger partial charge in [-0.15, -0.1) is 0 Å². The van der Waals surface area contributed by atoms with Crippen LogP contribution in [-0.4, -0.2) is 36.2 Å². The minimum atomic E-state index is -0.940. The summed E-state index contributed by atoms with van der Waals surface area (Å²) in [5, 5.41) is 0. The van der Waals surface area contributed by atoms with Crippen molar-refractivity contribution in [2.45, 2.75) is 45.3 Å². The van der Waals surface area contributed by atoms with Gasteiger partial charge in [-0.3, -0.25) is 4.79 Å². The molecule has 0 spiro atoms. The number of carbonyl (C=O) groups is 2. The number of esters is 1. The predicted octanol–water partition coefficient (Wildman–Crippen LogP) is 1.61. The Labute approximate surface area is 107 Å². The second kappa shape index (κ2) is 5.10. The largest absolute Gasteiger partial charge is 0.488 e. The lowest BCUT2D eigenvalue weighted by Gasteiger charge is -2.21. The molecule has 0 saturated carbocycles. The number of ketones is 1. The van der Waals surface area contributed by atoms with Gasteiger partial charge in [-0.2, -0.15) is 0 Å². The first-order chi connectivity index (χ1) is 8.16. The Morgan fingerprint density at radius 3 is 2.44 bits per heavy atom. The highest BCUT2D eigenvalue weighted by Crippen LogP contribution is 2.35. The average Bonchev–Trinajstić information content (AvgIpc) is 2.42. The molecule has 0 N–H and O–H groups in total. The van der Waals surface area contributed by atoms with Crippen LogP contribution < -0.4 is 0 Å². The van der Waals surface area contributed by atoms with E-state index < -0.39 is 11.2 Å². The maximum absolute atomic E-state index is 11.7. The van der Waals surface area contributed by atoms with E-state index >= 15 is 0 Å². The number of allylic oxidation sites excluding steroid dienone is 1. The van der Waals surface area contributed by atoms with E-state index in [1.807, 2.05) is 13.8 Å². The number of carbonyl (C=O) groups excluding carboxylic acids is 2. The number of rotatable bonds is 6. The van der Waals surface area contributed by atoms with Crippen molar-refractivity contribution in [2.24, 2.45) is 0 Å². The van der Waals surface area contributed by atoms with Gasteiger partial charge in [0.1, 0.15) is 12.2 Å². The maximum Gasteiger partial charge on any atom is 0.338 e. The molecule has 1 rings (SSSR count). The van der Waals surface area contributed by atoms with Crippen LogP contribution in [0.15, 0.2) is 12.3 Å². The van der Waals surface area contributed by atoms with Gasteiger partial charge in [0.15, 0.2) is 17.1 Å². The lowest BCUT2D eigenvalue weighted by atomic mass is 9.95. The summed E-state index contributed by atoms with van der Waals surface area (Å²) in [7, 11) is 0. The Morgan fingerprint density at radius 1 is 1.39 bits per heavy atom. The summed E-state index contributed by atoms with van der Waals surface area (Å²) in [6.45, 7) is 10.6. The van der Waals surface area contributed by atoms with Crippen LogP contribution in [0.3, 0.4) is 0 Å². The quantitative estimate of drug-likeness (QED) is 0.313. The van der Waals surface area contributed by atoms with E-state index in [2.05, 4.69) is 6.58 Å². The molecule has 1 heterocycles. The summed E-state index contributed by atoms with van der Waals surface area (Å²) in [5.74, 6) is -0.487. The molecule has 0 radical (unpaired) electrons. The zero-order valence-corrected chi connectivity index (χ0v) is 11.4. The monoisotopic (exact) mass is 256 g/mol. The van der Waals surface area contributed by atoms with Crippen molar-refractivity contribution < 1.29 is 23.8 Å². The molecule has 1 fully saturated rings. The van der Waals surface area contributed by atoms with Crippen LogP contribution >= 0.6 is 0 Å². The Kier molecular flexibility index (Phi) is 4.16. The fourth-order valence-electron chi connectivity index (χ4n) is 1.92. The molecule has 102 valence electrons. The molecule has 0 bridgehead atoms. The average molecular weight is 256 g/mol. The van der Waals surface area contributed by atoms with E-state index in [0.717, 1.165) is 0 Å². The summed E-state index contributed by atoms with van der Waals surface area (Å²) in [6.07, 6.45) is 0.493. The molecule has 1 atom stereocenters. The third-order valence-corrected chi connectivity index (χ3v) is 2.74. The van der Waals surface area contributed by atoms with E-state index in [1.54, 1.807) is 6.92 Å². The normalized spacial score (nSPS) is 25.7. The zero-order valence-electron chi connectivity index (χ0n) is 11.4. The summed E-state index contributed by atoms with van der Waals surface area (Å²) < 4.78 is 15.8. The first-order valence-electron chi connectivity index (χ1n) is 5.86. The van der Waals surface area contributed by atoms with Crippen molar-refractivity contribution >= 4 is 11.8 Å². The third kappa shape index (κ3) is 3.57. The molecular formula is C13H20O5. The molecular weight excluding hydrogens is 236 g/mol. The van der Waals surface area contributed by atoms with Crippen molar-refractivity contribution in [3.05, 3.63) is 12.3 Å². The zero-order chi connectivity index (χ0) is 14.0. The first-order valence-corrected chi connectivity index (χ1v) is 5.86. The van der Waals surface area contributed by atoms with Gasteiger partial charge in [0, 0.05) is 13.3 Å². The molecule has 18 heavy (non-hydrogen) atoms. The molecule has 5 heteroatoms. The summed E-state index contributed by atoms with van der Waals surface area (Å²) >= 11 is 0. The number of hydrogen-bond acceptors (Lipinski definition) is 5. The molecule has 0 aliphatic carbocycles. The summed E-state index contributed by atoms with van der Waals surface area (Å²) in [5.41, 5.74) is -1.44. The van der Waals surface area contributed by atoms with Gasteiger partial charge in [-0.1, -0.05) is 6.58 Å². The fourth-order valence-corrected chi connectivity index (χ4v) is 1.92. The second-order valence-electron chi connectivity index (χ2n) is 5.23. The van der Waals surface area contributed by atoms with Crippen molar-refractivity contribution in [1.82, 2.24) is 0 Å². The van der Waals surface area contributed by atoms with Crippen LogP contribution in [0, 0.1) is 0 Å². The second-order valence-corrected chi connectivity index (χ2v) is 5.23. The Bertz CT molecular complexity index is 372. The van der Waals surface area contributed by atoms with Gasteiger partial charge in [-0.05, 0) is 20.8 Å². The molecule has 0 amide bonds. The Morgan fingerprint density at radius 2 is 2.00 bits per heavy atom. The smallest absolute Gasteiger partial charge is 0.338 e. The SMILES string of the molecule is C=C(OCCOC1(C)CC(C)(C)OC1=O)C(C)=O. The molecule has 0 aromatic rings. The fraction of sp³-hybridized carbons (Fsp3) is 0.692. The van der Waals surface area contributed by atoms with Gasteiger partial charge < -0.3 is 14.2 Å². The van der Waals surface area contributed by atoms with Crippen LogP contribution in [0.25, 0.3) is 0 Å². The van der Waals surface area contributed by atoms with Crippen molar-refractivity contribution in [3.8, 4) is 0 Å². The molecule has 1 saturated heterocycles. The molecule has 0 aromatic carbocycles. The van der Waals surface area contributed by atoms with Crippen LogP contribution in [0.4, 0.5) is 0 Å². The molecule has 0 aromatic heterocycles. The minimum Gasteiger partial charge on any atom is -0.488 e. The maximum atomic E-state index is 11.7. The standard InChI is InChI=1S/C13H20O5/c1-9(14)10(2)16-6-7-17-13(5)8-12(3,4)18-11(13)15/h2,6-8H2,1,3-5H3. The highest BCUT2D eigenvalue weighted by molar-refractivity contribution is 5.90. The van der Waals surface area contributed by atoms with Gasteiger partial charge in [0.2, 0.25) is 0 Å². The molecule has 5 nitrogen and oxygen atoms in total. The number of ether oxygens (including phenoxy) is 3. The molecule has 1 aliphatic heterocycles. The number of cyclic esters (lactones) is 1. The highest BCUT2D eigenvalue weighted by atomic mass is 16.6. The van der Waals surface area contributed by atoms with Crippen LogP contribution in [-0.2, 0) is 23.8 Å². The molecule has 1 aliphatic rings. The summed E-state index contributed by atoms with van der Waals surface area (Å²) in [4.78, 5) is 22.5. The predicted molar refractivity (Wildman–Crippen MR) is 64.9 cm³/mol. The summed E-state index contributed by atoms with van der Waals surface area (Å²) in [6, 6.07) is 0. The van der Waals surface area contributed by atoms with Gasteiger partial charge >= 0.3 is 5.97 Å². The van der Waals surface area contributed by atoms with E-state index in [-0.39, 0.29) is 30.7 Å². The van der Waals surface area contributed by atoms with Gasteiger partial charge in [0.25, 0.3) is 0 Å². The molecule has 1 unspecified atom stereocenters. The topological polar surface area (TPSA) is 61.8 Å². The van der Waals surface area contributed by atoms with Gasteiger partial charge in [-0.25, -0.2) is 4.79 Å². The van der Waals surface area contributed by atoms with E-state index in [9.17, 15) is 9.59 Å². The van der Waals surface area contributed by atoms with E-state index in [1.165, 1.54) is 6.92 Å². The van der Waals surface area contributed by atoms with Crippen molar-refractivity contribution in [1.29, 1.82) is 0 Å². The van der Waals surface area contributed by atoms with E-state index in [4.69, 9.17) is 14.2 Å². The number of hydrogen-bond donors (Lipinski definition) is 0. The van der Waals surface area contributed by atoms with Crippen molar-refractivity contribution in [2.75, 3.05) is 13.2 Å². The van der Waals surface area contributed by atoms with Crippen LogP contribution in [0.5, 0.6) is 0 Å². The third-order valence-electron chi connectivity index (χ3n) is 2.74. The Hall–Kier alpha value is -1.36. The van der Waals surface area contributed by atoms with E-state index in [0.29, 0.717) is 6.42 Å². The minimum absolute atomic E-state index is 0.0954. The highest BCUT2D eigenvalue weighted by Gasteiger charge is 2.50. The lowest BCUT2D eigenvalue weighted by molar-refractivity contribution is -0.161. The van der Waals surface area contributed by atoms with Crippen LogP contribution in [0.1, 0.15) is 34.1 Å². The van der Waals surface area contributed by atoms with Gasteiger partial charge in [0.05, 0.1) is 6.61 Å². The lowest BCUT2D eigenvalue weighted by Crippen LogP contribution is -2.35. The Balaban J connectivity index is 2.38.